The van der Waals surface area contributed by atoms with Crippen LogP contribution in [0.1, 0.15) is 27.0 Å². The summed E-state index contributed by atoms with van der Waals surface area (Å²) in [5, 5.41) is 9.85. The largest absolute Gasteiger partial charge is 0.507 e. The highest BCUT2D eigenvalue weighted by atomic mass is 19.1. The molecule has 2 rings (SSSR count). The number of phenols is 1. The fraction of sp³-hybridized carbons (Fsp3) is 0.133. The van der Waals surface area contributed by atoms with Crippen molar-refractivity contribution in [3.8, 4) is 5.75 Å². The Labute approximate surface area is 105 Å². The van der Waals surface area contributed by atoms with Gasteiger partial charge in [-0.2, -0.15) is 0 Å². The number of rotatable bonds is 2. The van der Waals surface area contributed by atoms with Crippen LogP contribution in [0.25, 0.3) is 0 Å². The minimum absolute atomic E-state index is 0.0280. The van der Waals surface area contributed by atoms with Gasteiger partial charge in [-0.1, -0.05) is 18.2 Å². The van der Waals surface area contributed by atoms with E-state index in [9.17, 15) is 14.3 Å². The molecule has 3 heteroatoms. The van der Waals surface area contributed by atoms with Crippen LogP contribution in [0.3, 0.4) is 0 Å². The van der Waals surface area contributed by atoms with E-state index in [4.69, 9.17) is 0 Å². The molecule has 0 unspecified atom stereocenters. The second-order valence-corrected chi connectivity index (χ2v) is 4.28. The zero-order valence-corrected chi connectivity index (χ0v) is 10.2. The third-order valence-corrected chi connectivity index (χ3v) is 2.80. The Kier molecular flexibility index (Phi) is 3.15. The number of carbonyl (C=O) groups excluding carboxylic acids is 1. The molecule has 0 saturated carbocycles. The van der Waals surface area contributed by atoms with Crippen molar-refractivity contribution in [3.63, 3.8) is 0 Å². The van der Waals surface area contributed by atoms with E-state index in [1.54, 1.807) is 19.1 Å². The Morgan fingerprint density at radius 1 is 1.17 bits per heavy atom. The van der Waals surface area contributed by atoms with Crippen LogP contribution in [0.2, 0.25) is 0 Å². The van der Waals surface area contributed by atoms with E-state index in [1.807, 2.05) is 6.92 Å². The maximum absolute atomic E-state index is 13.6. The van der Waals surface area contributed by atoms with Gasteiger partial charge in [-0.15, -0.1) is 0 Å². The molecule has 0 aromatic heterocycles. The van der Waals surface area contributed by atoms with Crippen molar-refractivity contribution in [2.75, 3.05) is 0 Å². The summed E-state index contributed by atoms with van der Waals surface area (Å²) in [7, 11) is 0. The van der Waals surface area contributed by atoms with E-state index in [1.165, 1.54) is 24.3 Å². The van der Waals surface area contributed by atoms with Gasteiger partial charge in [-0.05, 0) is 43.2 Å². The first-order valence-electron chi connectivity index (χ1n) is 5.60. The fourth-order valence-electron chi connectivity index (χ4n) is 2.02. The summed E-state index contributed by atoms with van der Waals surface area (Å²) >= 11 is 0. The average Bonchev–Trinajstić information content (AvgIpc) is 2.27. The van der Waals surface area contributed by atoms with Gasteiger partial charge in [0.1, 0.15) is 11.6 Å². The lowest BCUT2D eigenvalue weighted by molar-refractivity contribution is 0.103. The van der Waals surface area contributed by atoms with Crippen molar-refractivity contribution >= 4 is 5.78 Å². The molecular formula is C15H13FO2. The van der Waals surface area contributed by atoms with Gasteiger partial charge in [0.25, 0.3) is 0 Å². The molecule has 0 amide bonds. The smallest absolute Gasteiger partial charge is 0.199 e. The molecule has 2 nitrogen and oxygen atoms in total. The first-order chi connectivity index (χ1) is 8.50. The van der Waals surface area contributed by atoms with Crippen LogP contribution in [0.15, 0.2) is 36.4 Å². The Bertz CT molecular complexity index is 595. The summed E-state index contributed by atoms with van der Waals surface area (Å²) in [5.74, 6) is -1.19. The molecule has 0 spiro atoms. The number of benzene rings is 2. The molecule has 2 aromatic rings. The van der Waals surface area contributed by atoms with Gasteiger partial charge in [-0.3, -0.25) is 4.79 Å². The molecule has 92 valence electrons. The molecule has 1 N–H and O–H groups in total. The van der Waals surface area contributed by atoms with Gasteiger partial charge in [0.05, 0.1) is 11.1 Å². The molecule has 0 aliphatic carbocycles. The van der Waals surface area contributed by atoms with Gasteiger partial charge in [0.15, 0.2) is 5.78 Å². The van der Waals surface area contributed by atoms with E-state index in [0.29, 0.717) is 5.56 Å². The number of hydrogen-bond donors (Lipinski definition) is 1. The molecule has 0 aliphatic rings. The quantitative estimate of drug-likeness (QED) is 0.822. The van der Waals surface area contributed by atoms with E-state index < -0.39 is 11.6 Å². The van der Waals surface area contributed by atoms with Crippen LogP contribution < -0.4 is 0 Å². The number of phenolic OH excluding ortho intramolecular Hbond substituents is 1. The number of carbonyl (C=O) groups is 1. The summed E-state index contributed by atoms with van der Waals surface area (Å²) in [5.41, 5.74) is 1.63. The standard InChI is InChI=1S/C15H13FO2/c1-9-7-10(2)14(13(17)8-9)15(18)11-5-3-4-6-12(11)16/h3-8,17H,1-2H3. The zero-order valence-electron chi connectivity index (χ0n) is 10.2. The van der Waals surface area contributed by atoms with E-state index in [-0.39, 0.29) is 16.9 Å². The Hall–Kier alpha value is -2.16. The van der Waals surface area contributed by atoms with Crippen LogP contribution in [-0.4, -0.2) is 10.9 Å². The number of aryl methyl sites for hydroxylation is 2. The molecule has 0 atom stereocenters. The van der Waals surface area contributed by atoms with E-state index in [2.05, 4.69) is 0 Å². The van der Waals surface area contributed by atoms with Crippen LogP contribution in [0, 0.1) is 19.7 Å². The monoisotopic (exact) mass is 244 g/mol. The minimum atomic E-state index is -0.582. The zero-order chi connectivity index (χ0) is 13.3. The van der Waals surface area contributed by atoms with E-state index >= 15 is 0 Å². The lowest BCUT2D eigenvalue weighted by Gasteiger charge is -2.09. The SMILES string of the molecule is Cc1cc(C)c(C(=O)c2ccccc2F)c(O)c1. The number of aromatic hydroxyl groups is 1. The highest BCUT2D eigenvalue weighted by molar-refractivity contribution is 6.11. The molecule has 2 aromatic carbocycles. The lowest BCUT2D eigenvalue weighted by atomic mass is 9.96. The summed E-state index contributed by atoms with van der Waals surface area (Å²) < 4.78 is 13.6. The molecule has 0 saturated heterocycles. The van der Waals surface area contributed by atoms with Gasteiger partial charge in [0.2, 0.25) is 0 Å². The second kappa shape index (κ2) is 4.61. The minimum Gasteiger partial charge on any atom is -0.507 e. The lowest BCUT2D eigenvalue weighted by Crippen LogP contribution is -2.06. The predicted octanol–water partition coefficient (Wildman–Crippen LogP) is 3.38. The molecule has 0 heterocycles. The van der Waals surface area contributed by atoms with Gasteiger partial charge < -0.3 is 5.11 Å². The molecular weight excluding hydrogens is 231 g/mol. The number of halogens is 1. The molecule has 0 fully saturated rings. The normalized spacial score (nSPS) is 10.4. The van der Waals surface area contributed by atoms with Crippen LogP contribution in [0.4, 0.5) is 4.39 Å². The molecule has 0 bridgehead atoms. The number of ketones is 1. The Morgan fingerprint density at radius 2 is 1.83 bits per heavy atom. The molecule has 18 heavy (non-hydrogen) atoms. The van der Waals surface area contributed by atoms with Crippen molar-refractivity contribution in [1.29, 1.82) is 0 Å². The fourth-order valence-corrected chi connectivity index (χ4v) is 2.02. The van der Waals surface area contributed by atoms with Crippen molar-refractivity contribution in [2.45, 2.75) is 13.8 Å². The molecule has 0 radical (unpaired) electrons. The third kappa shape index (κ3) is 2.12. The van der Waals surface area contributed by atoms with E-state index in [0.717, 1.165) is 5.56 Å². The first-order valence-corrected chi connectivity index (χ1v) is 5.60. The first kappa shape index (κ1) is 12.3. The highest BCUT2D eigenvalue weighted by Gasteiger charge is 2.19. The highest BCUT2D eigenvalue weighted by Crippen LogP contribution is 2.26. The third-order valence-electron chi connectivity index (χ3n) is 2.80. The van der Waals surface area contributed by atoms with Crippen LogP contribution in [0.5, 0.6) is 5.75 Å². The average molecular weight is 244 g/mol. The number of hydrogen-bond acceptors (Lipinski definition) is 2. The maximum Gasteiger partial charge on any atom is 0.199 e. The summed E-state index contributed by atoms with van der Waals surface area (Å²) in [6, 6.07) is 9.05. The summed E-state index contributed by atoms with van der Waals surface area (Å²) in [4.78, 5) is 12.2. The van der Waals surface area contributed by atoms with Crippen molar-refractivity contribution in [2.24, 2.45) is 0 Å². The maximum atomic E-state index is 13.6. The van der Waals surface area contributed by atoms with Crippen LogP contribution in [-0.2, 0) is 0 Å². The second-order valence-electron chi connectivity index (χ2n) is 4.28. The molecule has 0 aliphatic heterocycles. The van der Waals surface area contributed by atoms with Crippen LogP contribution >= 0.6 is 0 Å². The van der Waals surface area contributed by atoms with Crippen molar-refractivity contribution < 1.29 is 14.3 Å². The summed E-state index contributed by atoms with van der Waals surface area (Å²) in [6.45, 7) is 3.55. The van der Waals surface area contributed by atoms with Crippen molar-refractivity contribution in [1.82, 2.24) is 0 Å². The van der Waals surface area contributed by atoms with Crippen molar-refractivity contribution in [3.05, 3.63) is 64.5 Å². The predicted molar refractivity (Wildman–Crippen MR) is 67.4 cm³/mol. The summed E-state index contributed by atoms with van der Waals surface area (Å²) in [6.07, 6.45) is 0. The Balaban J connectivity index is 2.57. The van der Waals surface area contributed by atoms with Gasteiger partial charge in [-0.25, -0.2) is 4.39 Å². The topological polar surface area (TPSA) is 37.3 Å². The Morgan fingerprint density at radius 3 is 2.44 bits per heavy atom. The van der Waals surface area contributed by atoms with Gasteiger partial charge >= 0.3 is 0 Å². The van der Waals surface area contributed by atoms with Gasteiger partial charge in [0, 0.05) is 0 Å².